The highest BCUT2D eigenvalue weighted by atomic mass is 16.5. The Bertz CT molecular complexity index is 1540. The zero-order chi connectivity index (χ0) is 24.7. The Balaban J connectivity index is 1.80. The Hall–Kier alpha value is -4.47. The summed E-state index contributed by atoms with van der Waals surface area (Å²) in [5, 5.41) is 4.89. The van der Waals surface area contributed by atoms with Gasteiger partial charge in [0.05, 0.1) is 47.3 Å². The third-order valence-electron chi connectivity index (χ3n) is 5.95. The Morgan fingerprint density at radius 1 is 1.20 bits per heavy atom. The third kappa shape index (κ3) is 3.82. The van der Waals surface area contributed by atoms with Crippen LogP contribution in [-0.4, -0.2) is 44.3 Å². The largest absolute Gasteiger partial charge is 0.496 e. The van der Waals surface area contributed by atoms with Crippen LogP contribution in [0.25, 0.3) is 33.1 Å². The maximum Gasteiger partial charge on any atom is 0.298 e. The molecule has 0 fully saturated rings. The quantitative estimate of drug-likeness (QED) is 0.379. The second-order valence-corrected chi connectivity index (χ2v) is 8.21. The van der Waals surface area contributed by atoms with E-state index in [-0.39, 0.29) is 18.7 Å². The number of fused-ring (bicyclic) bond motifs is 3. The smallest absolute Gasteiger partial charge is 0.298 e. The number of pyridine rings is 2. The van der Waals surface area contributed by atoms with E-state index in [9.17, 15) is 4.79 Å². The van der Waals surface area contributed by atoms with Gasteiger partial charge in [0.2, 0.25) is 0 Å². The molecule has 0 aliphatic rings. The van der Waals surface area contributed by atoms with Crippen LogP contribution in [0.1, 0.15) is 30.1 Å². The first-order chi connectivity index (χ1) is 16.9. The van der Waals surface area contributed by atoms with Crippen LogP contribution in [0.5, 0.6) is 11.8 Å². The molecule has 1 aromatic carbocycles. The number of amides is 1. The topological polar surface area (TPSA) is 131 Å². The predicted octanol–water partition coefficient (Wildman–Crippen LogP) is 3.73. The van der Waals surface area contributed by atoms with Crippen LogP contribution < -0.4 is 15.2 Å². The molecule has 0 saturated carbocycles. The molecule has 10 nitrogen and oxygen atoms in total. The van der Waals surface area contributed by atoms with E-state index < -0.39 is 5.91 Å². The van der Waals surface area contributed by atoms with Crippen LogP contribution >= 0.6 is 0 Å². The lowest BCUT2D eigenvalue weighted by atomic mass is 10.0. The number of carbonyl (C=O) groups is 1. The van der Waals surface area contributed by atoms with Gasteiger partial charge in [-0.15, -0.1) is 0 Å². The van der Waals surface area contributed by atoms with Crippen LogP contribution in [0.3, 0.4) is 0 Å². The first-order valence-corrected chi connectivity index (χ1v) is 11.0. The highest BCUT2D eigenvalue weighted by Crippen LogP contribution is 2.40. The molecule has 0 radical (unpaired) electrons. The summed E-state index contributed by atoms with van der Waals surface area (Å²) in [6.07, 6.45) is 3.41. The van der Waals surface area contributed by atoms with Crippen molar-refractivity contribution in [1.29, 1.82) is 0 Å². The fourth-order valence-electron chi connectivity index (χ4n) is 4.37. The highest BCUT2D eigenvalue weighted by Gasteiger charge is 2.24. The number of carbonyl (C=O) groups excluding carboxylic acids is 1. The lowest BCUT2D eigenvalue weighted by molar-refractivity contribution is -0.120. The molecule has 0 aliphatic heterocycles. The number of benzene rings is 1. The third-order valence-corrected chi connectivity index (χ3v) is 5.95. The number of hydrogen-bond donors (Lipinski definition) is 1. The van der Waals surface area contributed by atoms with Gasteiger partial charge in [-0.3, -0.25) is 19.3 Å². The standard InChI is InChI=1S/C25H24N6O4/c1-13-23(15(3)35-30-13)17-9-19-16(10-21(17)33-4)24-20(11-28-19)29-25(34-12-22(26)32)31(24)14(2)18-7-5-6-8-27-18/h5-11,14H,12H2,1-4H3,(H2,26,32)/t14-/m1/s1. The molecule has 35 heavy (non-hydrogen) atoms. The van der Waals surface area contributed by atoms with E-state index >= 15 is 0 Å². The summed E-state index contributed by atoms with van der Waals surface area (Å²) in [5.74, 6) is 0.735. The monoisotopic (exact) mass is 472 g/mol. The van der Waals surface area contributed by atoms with Gasteiger partial charge in [-0.1, -0.05) is 11.2 Å². The summed E-state index contributed by atoms with van der Waals surface area (Å²) in [6, 6.07) is 9.56. The molecule has 0 aliphatic carbocycles. The van der Waals surface area contributed by atoms with E-state index in [1.54, 1.807) is 19.5 Å². The molecule has 0 bridgehead atoms. The minimum Gasteiger partial charge on any atom is -0.496 e. The van der Waals surface area contributed by atoms with Gasteiger partial charge in [-0.2, -0.15) is 4.98 Å². The van der Waals surface area contributed by atoms with Crippen LogP contribution in [0.2, 0.25) is 0 Å². The molecule has 178 valence electrons. The number of aryl methyl sites for hydroxylation is 2. The Morgan fingerprint density at radius 2 is 2.03 bits per heavy atom. The van der Waals surface area contributed by atoms with Crippen molar-refractivity contribution in [2.45, 2.75) is 26.8 Å². The summed E-state index contributed by atoms with van der Waals surface area (Å²) < 4.78 is 18.8. The molecule has 2 N–H and O–H groups in total. The summed E-state index contributed by atoms with van der Waals surface area (Å²) in [5.41, 5.74) is 10.7. The van der Waals surface area contributed by atoms with Crippen LogP contribution in [0, 0.1) is 13.8 Å². The normalized spacial score (nSPS) is 12.2. The number of nitrogens with zero attached hydrogens (tertiary/aromatic N) is 5. The van der Waals surface area contributed by atoms with Crippen molar-refractivity contribution in [1.82, 2.24) is 24.7 Å². The minimum atomic E-state index is -0.595. The SMILES string of the molecule is COc1cc2c(cc1-c1c(C)noc1C)ncc1nc(OCC(N)=O)n([C@H](C)c3ccccn3)c12. The fourth-order valence-corrected chi connectivity index (χ4v) is 4.37. The molecule has 0 saturated heterocycles. The van der Waals surface area contributed by atoms with Crippen molar-refractivity contribution < 1.29 is 18.8 Å². The van der Waals surface area contributed by atoms with Crippen LogP contribution in [0.4, 0.5) is 0 Å². The number of nitrogens with two attached hydrogens (primary N) is 1. The van der Waals surface area contributed by atoms with Gasteiger partial charge >= 0.3 is 0 Å². The number of ether oxygens (including phenoxy) is 2. The zero-order valence-corrected chi connectivity index (χ0v) is 19.8. The molecule has 10 heteroatoms. The molecule has 0 unspecified atom stereocenters. The first-order valence-electron chi connectivity index (χ1n) is 11.0. The van der Waals surface area contributed by atoms with Crippen molar-refractivity contribution >= 4 is 27.8 Å². The number of rotatable bonds is 7. The van der Waals surface area contributed by atoms with Crippen molar-refractivity contribution in [2.75, 3.05) is 13.7 Å². The van der Waals surface area contributed by atoms with Crippen molar-refractivity contribution in [3.63, 3.8) is 0 Å². The number of hydrogen-bond acceptors (Lipinski definition) is 8. The number of aromatic nitrogens is 5. The van der Waals surface area contributed by atoms with Gasteiger partial charge in [-0.05, 0) is 45.0 Å². The van der Waals surface area contributed by atoms with Gasteiger partial charge in [0, 0.05) is 17.1 Å². The van der Waals surface area contributed by atoms with Gasteiger partial charge in [-0.25, -0.2) is 0 Å². The molecule has 1 amide bonds. The summed E-state index contributed by atoms with van der Waals surface area (Å²) in [4.78, 5) is 25.2. The van der Waals surface area contributed by atoms with E-state index in [0.29, 0.717) is 17.0 Å². The van der Waals surface area contributed by atoms with Crippen molar-refractivity contribution in [3.05, 3.63) is 59.9 Å². The van der Waals surface area contributed by atoms with Gasteiger partial charge in [0.15, 0.2) is 6.61 Å². The number of methoxy groups -OCH3 is 1. The van der Waals surface area contributed by atoms with Crippen LogP contribution in [-0.2, 0) is 4.79 Å². The van der Waals surface area contributed by atoms with E-state index in [1.807, 2.05) is 55.7 Å². The second kappa shape index (κ2) is 8.71. The van der Waals surface area contributed by atoms with E-state index in [1.165, 1.54) is 0 Å². The molecule has 5 aromatic rings. The molecule has 1 atom stereocenters. The Kier molecular flexibility index (Phi) is 5.56. The average molecular weight is 473 g/mol. The average Bonchev–Trinajstić information content (AvgIpc) is 3.41. The lowest BCUT2D eigenvalue weighted by Gasteiger charge is -2.18. The molecule has 0 spiro atoms. The maximum atomic E-state index is 11.4. The number of imidazole rings is 1. The minimum absolute atomic E-state index is 0.250. The van der Waals surface area contributed by atoms with E-state index in [0.717, 1.165) is 38.9 Å². The van der Waals surface area contributed by atoms with E-state index in [2.05, 4.69) is 20.1 Å². The molecule has 5 rings (SSSR count). The summed E-state index contributed by atoms with van der Waals surface area (Å²) in [7, 11) is 1.62. The Labute approximate surface area is 200 Å². The summed E-state index contributed by atoms with van der Waals surface area (Å²) in [6.45, 7) is 5.44. The maximum absolute atomic E-state index is 11.4. The molecule has 4 aromatic heterocycles. The van der Waals surface area contributed by atoms with E-state index in [4.69, 9.17) is 19.7 Å². The number of primary amides is 1. The zero-order valence-electron chi connectivity index (χ0n) is 19.8. The van der Waals surface area contributed by atoms with Crippen LogP contribution in [0.15, 0.2) is 47.2 Å². The van der Waals surface area contributed by atoms with Gasteiger partial charge in [0.25, 0.3) is 11.9 Å². The Morgan fingerprint density at radius 3 is 2.69 bits per heavy atom. The second-order valence-electron chi connectivity index (χ2n) is 8.21. The predicted molar refractivity (Wildman–Crippen MR) is 129 cm³/mol. The fraction of sp³-hybridized carbons (Fsp3) is 0.240. The van der Waals surface area contributed by atoms with Crippen molar-refractivity contribution in [3.8, 4) is 22.9 Å². The first kappa shape index (κ1) is 22.3. The highest BCUT2D eigenvalue weighted by molar-refractivity contribution is 6.05. The molecule has 4 heterocycles. The molecular formula is C25H24N6O4. The van der Waals surface area contributed by atoms with Gasteiger partial charge < -0.3 is 19.7 Å². The van der Waals surface area contributed by atoms with Gasteiger partial charge in [0.1, 0.15) is 17.0 Å². The van der Waals surface area contributed by atoms with Crippen molar-refractivity contribution in [2.24, 2.45) is 5.73 Å². The molecular weight excluding hydrogens is 448 g/mol. The summed E-state index contributed by atoms with van der Waals surface area (Å²) >= 11 is 0. The lowest BCUT2D eigenvalue weighted by Crippen LogP contribution is -2.22.